The van der Waals surface area contributed by atoms with Gasteiger partial charge in [-0.15, -0.1) is 0 Å². The van der Waals surface area contributed by atoms with E-state index in [0.29, 0.717) is 0 Å². The lowest BCUT2D eigenvalue weighted by Crippen LogP contribution is -2.36. The summed E-state index contributed by atoms with van der Waals surface area (Å²) in [6.45, 7) is 3.52. The van der Waals surface area contributed by atoms with Gasteiger partial charge < -0.3 is 0 Å². The summed E-state index contributed by atoms with van der Waals surface area (Å²) in [5.74, 6) is 0. The van der Waals surface area contributed by atoms with Gasteiger partial charge in [-0.3, -0.25) is 4.84 Å². The van der Waals surface area contributed by atoms with Crippen LogP contribution in [0.2, 0.25) is 0 Å². The maximum absolute atomic E-state index is 8.52. The van der Waals surface area contributed by atoms with Gasteiger partial charge in [0, 0.05) is 6.54 Å². The number of nitrogens with zero attached hydrogens (tertiary/aromatic N) is 2. The van der Waals surface area contributed by atoms with Crippen molar-refractivity contribution in [3.8, 4) is 6.07 Å². The van der Waals surface area contributed by atoms with Crippen LogP contribution in [0, 0.1) is 11.3 Å². The largest absolute Gasteiger partial charge is 0.298 e. The van der Waals surface area contributed by atoms with Crippen LogP contribution in [0.15, 0.2) is 0 Å². The van der Waals surface area contributed by atoms with Crippen LogP contribution >= 0.6 is 0 Å². The Morgan fingerprint density at radius 2 is 2.40 bits per heavy atom. The molecule has 0 aromatic carbocycles. The van der Waals surface area contributed by atoms with Crippen LogP contribution in [0.3, 0.4) is 0 Å². The highest BCUT2D eigenvalue weighted by Crippen LogP contribution is 2.08. The third-order valence-corrected chi connectivity index (χ3v) is 1.65. The summed E-state index contributed by atoms with van der Waals surface area (Å²) in [5.41, 5.74) is 0. The van der Waals surface area contributed by atoms with Crippen molar-refractivity contribution in [3.63, 3.8) is 0 Å². The van der Waals surface area contributed by atoms with Crippen molar-refractivity contribution in [2.45, 2.75) is 25.8 Å². The molecule has 1 fully saturated rings. The van der Waals surface area contributed by atoms with Gasteiger partial charge in [0.25, 0.3) is 0 Å². The van der Waals surface area contributed by atoms with Crippen LogP contribution in [0.4, 0.5) is 0 Å². The highest BCUT2D eigenvalue weighted by atomic mass is 16.7. The van der Waals surface area contributed by atoms with Crippen molar-refractivity contribution in [2.75, 3.05) is 13.2 Å². The van der Waals surface area contributed by atoms with E-state index in [9.17, 15) is 0 Å². The summed E-state index contributed by atoms with van der Waals surface area (Å²) in [6.07, 6.45) is 2.26. The molecule has 56 valence electrons. The second-order valence-corrected chi connectivity index (χ2v) is 2.49. The minimum absolute atomic E-state index is 0.0969. The molecule has 0 amide bonds. The van der Waals surface area contributed by atoms with E-state index in [0.717, 1.165) is 26.0 Å². The fourth-order valence-electron chi connectivity index (χ4n) is 0.986. The van der Waals surface area contributed by atoms with Crippen LogP contribution < -0.4 is 0 Å². The Kier molecular flexibility index (Phi) is 2.67. The first-order valence-corrected chi connectivity index (χ1v) is 3.64. The molecule has 1 unspecified atom stereocenters. The maximum Gasteiger partial charge on any atom is 0.119 e. The van der Waals surface area contributed by atoms with Gasteiger partial charge in [-0.25, -0.2) is 0 Å². The van der Waals surface area contributed by atoms with E-state index in [4.69, 9.17) is 10.1 Å². The van der Waals surface area contributed by atoms with Gasteiger partial charge in [0.2, 0.25) is 0 Å². The highest BCUT2D eigenvalue weighted by molar-refractivity contribution is 4.85. The molecule has 1 heterocycles. The predicted molar refractivity (Wildman–Crippen MR) is 37.0 cm³/mol. The first-order chi connectivity index (χ1) is 4.84. The molecule has 0 saturated carbocycles. The van der Waals surface area contributed by atoms with Gasteiger partial charge in [-0.05, 0) is 19.8 Å². The first-order valence-electron chi connectivity index (χ1n) is 3.64. The van der Waals surface area contributed by atoms with E-state index in [2.05, 4.69) is 6.07 Å². The van der Waals surface area contributed by atoms with Crippen LogP contribution in [-0.2, 0) is 4.84 Å². The Balaban J connectivity index is 2.33. The van der Waals surface area contributed by atoms with Gasteiger partial charge in [-0.2, -0.15) is 10.3 Å². The highest BCUT2D eigenvalue weighted by Gasteiger charge is 2.16. The molecule has 1 saturated heterocycles. The quantitative estimate of drug-likeness (QED) is 0.543. The Hall–Kier alpha value is -0.590. The molecular formula is C7H12N2O. The number of hydrogen-bond acceptors (Lipinski definition) is 3. The third-order valence-electron chi connectivity index (χ3n) is 1.65. The van der Waals surface area contributed by atoms with Crippen LogP contribution in [-0.4, -0.2) is 24.3 Å². The maximum atomic E-state index is 8.52. The standard InChI is InChI=1S/C7H12N2O/c1-7(6-8)9-4-2-3-5-10-9/h7H,2-5H2,1H3. The summed E-state index contributed by atoms with van der Waals surface area (Å²) in [6, 6.07) is 2.04. The Morgan fingerprint density at radius 1 is 1.60 bits per heavy atom. The summed E-state index contributed by atoms with van der Waals surface area (Å²) in [7, 11) is 0. The molecule has 1 rings (SSSR count). The van der Waals surface area contributed by atoms with Gasteiger partial charge in [-0.1, -0.05) is 0 Å². The van der Waals surface area contributed by atoms with Crippen molar-refractivity contribution in [1.82, 2.24) is 5.06 Å². The summed E-state index contributed by atoms with van der Waals surface area (Å²) < 4.78 is 0. The molecule has 1 atom stereocenters. The molecule has 0 N–H and O–H groups in total. The van der Waals surface area contributed by atoms with E-state index in [-0.39, 0.29) is 6.04 Å². The molecule has 3 heteroatoms. The molecule has 0 radical (unpaired) electrons. The van der Waals surface area contributed by atoms with Crippen molar-refractivity contribution < 1.29 is 4.84 Å². The average molecular weight is 140 g/mol. The molecule has 0 bridgehead atoms. The van der Waals surface area contributed by atoms with Gasteiger partial charge >= 0.3 is 0 Å². The van der Waals surface area contributed by atoms with E-state index >= 15 is 0 Å². The molecule has 0 aliphatic carbocycles. The smallest absolute Gasteiger partial charge is 0.119 e. The van der Waals surface area contributed by atoms with Crippen LogP contribution in [0.5, 0.6) is 0 Å². The number of nitriles is 1. The van der Waals surface area contributed by atoms with Crippen molar-refractivity contribution >= 4 is 0 Å². The molecule has 0 aromatic heterocycles. The molecule has 1 aliphatic rings. The second-order valence-electron chi connectivity index (χ2n) is 2.49. The molecule has 1 aliphatic heterocycles. The minimum atomic E-state index is -0.0969. The SMILES string of the molecule is CC(C#N)N1CCCCO1. The third kappa shape index (κ3) is 1.69. The van der Waals surface area contributed by atoms with Crippen LogP contribution in [0.1, 0.15) is 19.8 Å². The molecular weight excluding hydrogens is 128 g/mol. The molecule has 10 heavy (non-hydrogen) atoms. The molecule has 3 nitrogen and oxygen atoms in total. The van der Waals surface area contributed by atoms with E-state index in [1.165, 1.54) is 0 Å². The monoisotopic (exact) mass is 140 g/mol. The Labute approximate surface area is 61.1 Å². The number of hydroxylamine groups is 2. The number of rotatable bonds is 1. The lowest BCUT2D eigenvalue weighted by molar-refractivity contribution is -0.192. The molecule has 0 aromatic rings. The first kappa shape index (κ1) is 7.52. The van der Waals surface area contributed by atoms with Crippen molar-refractivity contribution in [2.24, 2.45) is 0 Å². The zero-order valence-corrected chi connectivity index (χ0v) is 6.21. The van der Waals surface area contributed by atoms with Crippen molar-refractivity contribution in [1.29, 1.82) is 5.26 Å². The molecule has 0 spiro atoms. The number of hydrogen-bond donors (Lipinski definition) is 0. The van der Waals surface area contributed by atoms with Crippen molar-refractivity contribution in [3.05, 3.63) is 0 Å². The summed E-state index contributed by atoms with van der Waals surface area (Å²) in [5, 5.41) is 10.3. The fraction of sp³-hybridized carbons (Fsp3) is 0.857. The second kappa shape index (κ2) is 3.55. The normalized spacial score (nSPS) is 23.6. The van der Waals surface area contributed by atoms with E-state index in [1.54, 1.807) is 5.06 Å². The zero-order valence-electron chi connectivity index (χ0n) is 6.21. The topological polar surface area (TPSA) is 36.3 Å². The fourth-order valence-corrected chi connectivity index (χ4v) is 0.986. The summed E-state index contributed by atoms with van der Waals surface area (Å²) >= 11 is 0. The van der Waals surface area contributed by atoms with Gasteiger partial charge in [0.05, 0.1) is 12.7 Å². The average Bonchev–Trinajstić information content (AvgIpc) is 2.05. The van der Waals surface area contributed by atoms with Gasteiger partial charge in [0.15, 0.2) is 0 Å². The predicted octanol–water partition coefficient (Wildman–Crippen LogP) is 0.926. The summed E-state index contributed by atoms with van der Waals surface area (Å²) in [4.78, 5) is 5.24. The van der Waals surface area contributed by atoms with Gasteiger partial charge in [0.1, 0.15) is 6.04 Å². The minimum Gasteiger partial charge on any atom is -0.298 e. The van der Waals surface area contributed by atoms with Crippen LogP contribution in [0.25, 0.3) is 0 Å². The lowest BCUT2D eigenvalue weighted by atomic mass is 10.2. The van der Waals surface area contributed by atoms with E-state index < -0.39 is 0 Å². The Morgan fingerprint density at radius 3 is 2.90 bits per heavy atom. The zero-order chi connectivity index (χ0) is 7.40. The van der Waals surface area contributed by atoms with E-state index in [1.807, 2.05) is 6.92 Å². The Bertz CT molecular complexity index is 135. The lowest BCUT2D eigenvalue weighted by Gasteiger charge is -2.27.